The Balaban J connectivity index is 0.000000850. The van der Waals surface area contributed by atoms with E-state index in [2.05, 4.69) is 27.5 Å². The van der Waals surface area contributed by atoms with Gasteiger partial charge in [-0.25, -0.2) is 14.0 Å². The van der Waals surface area contributed by atoms with E-state index in [9.17, 15) is 14.4 Å². The van der Waals surface area contributed by atoms with E-state index in [0.29, 0.717) is 28.7 Å². The Kier molecular flexibility index (Phi) is 10.6. The maximum absolute atomic E-state index is 13.9. The number of hydrogen-bond acceptors (Lipinski definition) is 8. The van der Waals surface area contributed by atoms with Gasteiger partial charge in [-0.3, -0.25) is 14.2 Å². The van der Waals surface area contributed by atoms with Crippen LogP contribution in [0.5, 0.6) is 5.75 Å². The molecule has 222 valence electrons. The van der Waals surface area contributed by atoms with Gasteiger partial charge in [0.1, 0.15) is 21.1 Å². The zero-order valence-corrected chi connectivity index (χ0v) is 26.5. The lowest BCUT2D eigenvalue weighted by molar-refractivity contribution is -0.129. The first-order chi connectivity index (χ1) is 19.3. The number of aromatic nitrogens is 4. The molecule has 1 amide bonds. The van der Waals surface area contributed by atoms with Gasteiger partial charge in [-0.15, -0.1) is 0 Å². The first-order valence-electron chi connectivity index (χ1n) is 13.4. The molecule has 0 aliphatic heterocycles. The summed E-state index contributed by atoms with van der Waals surface area (Å²) in [5, 5.41) is 8.33. The summed E-state index contributed by atoms with van der Waals surface area (Å²) in [5.41, 5.74) is -0.767. The van der Waals surface area contributed by atoms with Crippen LogP contribution in [-0.2, 0) is 27.5 Å². The summed E-state index contributed by atoms with van der Waals surface area (Å²) >= 11 is 4.85. The summed E-state index contributed by atoms with van der Waals surface area (Å²) < 4.78 is 14.3. The molecule has 0 unspecified atom stereocenters. The summed E-state index contributed by atoms with van der Waals surface area (Å²) in [7, 11) is 1.61. The van der Waals surface area contributed by atoms with Crippen LogP contribution in [0, 0.1) is 6.92 Å². The van der Waals surface area contributed by atoms with Gasteiger partial charge in [0.25, 0.3) is 5.56 Å². The number of ether oxygens (including phenoxy) is 1. The normalized spacial score (nSPS) is 11.6. The predicted octanol–water partition coefficient (Wildman–Crippen LogP) is 4.49. The summed E-state index contributed by atoms with van der Waals surface area (Å²) in [6, 6.07) is 9.29. The van der Waals surface area contributed by atoms with Gasteiger partial charge >= 0.3 is 5.69 Å². The number of para-hydroxylation sites is 1. The largest absolute Gasteiger partial charge is 0.496 e. The molecule has 4 aromatic rings. The van der Waals surface area contributed by atoms with Gasteiger partial charge in [-0.05, 0) is 85.5 Å². The molecule has 0 saturated heterocycles. The van der Waals surface area contributed by atoms with E-state index in [-0.39, 0.29) is 12.1 Å². The van der Waals surface area contributed by atoms with E-state index in [4.69, 9.17) is 4.74 Å². The second-order valence-electron chi connectivity index (χ2n) is 10.6. The van der Waals surface area contributed by atoms with Crippen molar-refractivity contribution in [2.45, 2.75) is 79.1 Å². The van der Waals surface area contributed by atoms with E-state index < -0.39 is 22.7 Å². The van der Waals surface area contributed by atoms with Gasteiger partial charge in [0.2, 0.25) is 5.91 Å². The lowest BCUT2D eigenvalue weighted by atomic mass is 10.0. The number of thiol groups is 1. The third-order valence-corrected chi connectivity index (χ3v) is 8.17. The molecule has 12 heteroatoms. The van der Waals surface area contributed by atoms with Crippen LogP contribution in [0.2, 0.25) is 0 Å². The molecule has 3 heterocycles. The average Bonchev–Trinajstić information content (AvgIpc) is 3.56. The van der Waals surface area contributed by atoms with Crippen molar-refractivity contribution >= 4 is 40.4 Å². The summed E-state index contributed by atoms with van der Waals surface area (Å²) in [4.78, 5) is 41.4. The van der Waals surface area contributed by atoms with Crippen molar-refractivity contribution in [3.63, 3.8) is 0 Å². The molecule has 1 aromatic carbocycles. The lowest BCUT2D eigenvalue weighted by Crippen LogP contribution is -2.56. The smallest absolute Gasteiger partial charge is 0.333 e. The van der Waals surface area contributed by atoms with Crippen LogP contribution in [0.4, 0.5) is 0 Å². The molecule has 1 N–H and O–H groups in total. The van der Waals surface area contributed by atoms with Crippen LogP contribution in [0.3, 0.4) is 0 Å². The Morgan fingerprint density at radius 2 is 1.80 bits per heavy atom. The number of carbonyl (C=O) groups is 1. The highest BCUT2D eigenvalue weighted by atomic mass is 32.1. The molecule has 4 rings (SSSR count). The zero-order chi connectivity index (χ0) is 30.5. The van der Waals surface area contributed by atoms with Gasteiger partial charge in [-0.1, -0.05) is 29.5 Å². The zero-order valence-electron chi connectivity index (χ0n) is 24.8. The van der Waals surface area contributed by atoms with Crippen LogP contribution in [0.15, 0.2) is 52.3 Å². The molecule has 41 heavy (non-hydrogen) atoms. The molecular weight excluding hydrogens is 562 g/mol. The number of aryl methyl sites for hydroxylation is 3. The Morgan fingerprint density at radius 3 is 2.37 bits per heavy atom. The number of methoxy groups -OCH3 is 1. The van der Waals surface area contributed by atoms with Crippen molar-refractivity contribution in [2.75, 3.05) is 7.11 Å². The number of nitrogens with zero attached hydrogens (tertiary/aromatic N) is 4. The van der Waals surface area contributed by atoms with Crippen molar-refractivity contribution < 1.29 is 13.7 Å². The first kappa shape index (κ1) is 32.2. The fraction of sp³-hybridized carbons (Fsp3) is 0.448. The number of thiophene rings is 1. The van der Waals surface area contributed by atoms with Crippen molar-refractivity contribution in [3.05, 3.63) is 74.7 Å². The fourth-order valence-corrected chi connectivity index (χ4v) is 5.58. The quantitative estimate of drug-likeness (QED) is 0.216. The van der Waals surface area contributed by atoms with Gasteiger partial charge in [0, 0.05) is 30.5 Å². The summed E-state index contributed by atoms with van der Waals surface area (Å²) in [5.74, 6) is 0.332. The average molecular weight is 602 g/mol. The Labute approximate surface area is 249 Å². The van der Waals surface area contributed by atoms with Crippen LogP contribution < -0.4 is 21.3 Å². The highest BCUT2D eigenvalue weighted by Gasteiger charge is 2.35. The fourth-order valence-electron chi connectivity index (χ4n) is 4.31. The Bertz CT molecular complexity index is 1600. The number of benzene rings is 1. The number of amides is 1. The highest BCUT2D eigenvalue weighted by molar-refractivity contribution is 7.75. The van der Waals surface area contributed by atoms with Crippen LogP contribution in [-0.4, -0.2) is 44.1 Å². The summed E-state index contributed by atoms with van der Waals surface area (Å²) in [6.07, 6.45) is 4.21. The van der Waals surface area contributed by atoms with E-state index >= 15 is 0 Å². The molecular formula is C29H39N5O5S2. The first-order valence-corrected chi connectivity index (χ1v) is 14.6. The number of fused-ring (bicyclic) bond motifs is 1. The highest BCUT2D eigenvalue weighted by Crippen LogP contribution is 2.31. The monoisotopic (exact) mass is 601 g/mol. The topological polar surface area (TPSA) is 109 Å². The van der Waals surface area contributed by atoms with E-state index in [1.165, 1.54) is 11.3 Å². The number of carbonyl (C=O) groups excluding carboxylic acids is 1. The minimum absolute atomic E-state index is 0.140. The maximum Gasteiger partial charge on any atom is 0.333 e. The van der Waals surface area contributed by atoms with Crippen molar-refractivity contribution in [2.24, 2.45) is 0 Å². The molecule has 0 aliphatic rings. The van der Waals surface area contributed by atoms with E-state index in [1.807, 2.05) is 58.9 Å². The van der Waals surface area contributed by atoms with Crippen LogP contribution in [0.25, 0.3) is 15.2 Å². The predicted molar refractivity (Wildman–Crippen MR) is 167 cm³/mol. The van der Waals surface area contributed by atoms with Crippen LogP contribution >= 0.6 is 24.2 Å². The van der Waals surface area contributed by atoms with Crippen molar-refractivity contribution in [1.29, 1.82) is 0 Å². The third-order valence-electron chi connectivity index (χ3n) is 6.44. The number of rotatable bonds is 9. The van der Waals surface area contributed by atoms with E-state index in [0.717, 1.165) is 20.9 Å². The molecule has 10 nitrogen and oxygen atoms in total. The SMILES string of the molecule is CC(C)OS.COc1ccccc1CCn1c(=O)n(C(C)(C)C(=O)NC(C)C)c(=O)c2c(C)c(-n3cccn3)sc21. The number of hydrogen-bond donors (Lipinski definition) is 2. The second kappa shape index (κ2) is 13.5. The maximum atomic E-state index is 13.9. The Hall–Kier alpha value is -3.35. The summed E-state index contributed by atoms with van der Waals surface area (Å²) in [6.45, 7) is 12.9. The molecule has 0 fully saturated rings. The minimum Gasteiger partial charge on any atom is -0.496 e. The van der Waals surface area contributed by atoms with Crippen LogP contribution in [0.1, 0.15) is 52.7 Å². The second-order valence-corrected chi connectivity index (χ2v) is 11.8. The molecule has 3 aromatic heterocycles. The Morgan fingerprint density at radius 1 is 1.15 bits per heavy atom. The van der Waals surface area contributed by atoms with Crippen molar-refractivity contribution in [3.8, 4) is 10.8 Å². The van der Waals surface area contributed by atoms with Crippen molar-refractivity contribution in [1.82, 2.24) is 24.2 Å². The lowest BCUT2D eigenvalue weighted by Gasteiger charge is -2.27. The van der Waals surface area contributed by atoms with Gasteiger partial charge in [0.15, 0.2) is 0 Å². The molecule has 0 atom stereocenters. The molecule has 0 aliphatic carbocycles. The standard InChI is InChI=1S/C26H31N5O4S.C3H8OS/c1-16(2)28-24(33)26(4,5)31-21(32)20-17(3)22(30-14-9-13-27-30)36-23(20)29(25(31)34)15-12-18-10-7-8-11-19(18)35-6;1-3(2)4-5/h7-11,13-14,16H,12,15H2,1-6H3,(H,28,33);3,5H,1-2H3. The van der Waals surface area contributed by atoms with Gasteiger partial charge < -0.3 is 14.2 Å². The van der Waals surface area contributed by atoms with Gasteiger partial charge in [0.05, 0.1) is 18.6 Å². The van der Waals surface area contributed by atoms with Gasteiger partial charge in [-0.2, -0.15) is 5.10 Å². The molecule has 0 radical (unpaired) electrons. The third kappa shape index (κ3) is 6.94. The molecule has 0 spiro atoms. The molecule has 0 bridgehead atoms. The molecule has 0 saturated carbocycles. The van der Waals surface area contributed by atoms with E-state index in [1.54, 1.807) is 48.7 Å². The number of nitrogens with one attached hydrogen (secondary N) is 1. The minimum atomic E-state index is -1.40.